The van der Waals surface area contributed by atoms with Crippen LogP contribution in [0.15, 0.2) is 112 Å². The Morgan fingerprint density at radius 1 is 0.872 bits per heavy atom. The van der Waals surface area contributed by atoms with Crippen molar-refractivity contribution in [2.45, 2.75) is 57.1 Å². The number of halogens is 2. The standard InChI is InChI=1S/C36H39BrFN3O5S/c1-5-46-31-19-17-30(18-20-31)41(47(44,45)32-21-13-28(37)14-22-32)25-34(42)40(24-27-11-15-29(38)16-12-27)33(35(43)39-36(2,3)4)23-26-9-7-6-8-10-26/h6-22,33H,5,23-25H2,1-4H3,(H,39,43)/t33-/m1/s1. The number of ether oxygens (including phenoxy) is 1. The first-order chi connectivity index (χ1) is 22.3. The van der Waals surface area contributed by atoms with Crippen LogP contribution in [0, 0.1) is 5.82 Å². The van der Waals surface area contributed by atoms with Crippen LogP contribution < -0.4 is 14.4 Å². The molecule has 0 unspecified atom stereocenters. The number of amides is 2. The maximum absolute atomic E-state index is 14.5. The highest BCUT2D eigenvalue weighted by molar-refractivity contribution is 9.10. The first-order valence-electron chi connectivity index (χ1n) is 15.2. The molecule has 2 amide bonds. The SMILES string of the molecule is CCOc1ccc(N(CC(=O)N(Cc2ccc(F)cc2)[C@H](Cc2ccccc2)C(=O)NC(C)(C)C)S(=O)(=O)c2ccc(Br)cc2)cc1. The van der Waals surface area contributed by atoms with E-state index in [2.05, 4.69) is 21.2 Å². The number of sulfonamides is 1. The number of carbonyl (C=O) groups excluding carboxylic acids is 2. The van der Waals surface area contributed by atoms with Crippen molar-refractivity contribution >= 4 is 43.5 Å². The third-order valence-electron chi connectivity index (χ3n) is 7.15. The predicted octanol–water partition coefficient (Wildman–Crippen LogP) is 6.74. The molecule has 8 nitrogen and oxygen atoms in total. The fourth-order valence-corrected chi connectivity index (χ4v) is 6.61. The number of nitrogens with one attached hydrogen (secondary N) is 1. The highest BCUT2D eigenvalue weighted by Crippen LogP contribution is 2.28. The molecule has 11 heteroatoms. The minimum Gasteiger partial charge on any atom is -0.494 e. The number of carbonyl (C=O) groups is 2. The van der Waals surface area contributed by atoms with Gasteiger partial charge < -0.3 is 15.0 Å². The van der Waals surface area contributed by atoms with Crippen molar-refractivity contribution in [1.82, 2.24) is 10.2 Å². The van der Waals surface area contributed by atoms with E-state index in [0.717, 1.165) is 9.87 Å². The summed E-state index contributed by atoms with van der Waals surface area (Å²) in [4.78, 5) is 29.8. The van der Waals surface area contributed by atoms with Gasteiger partial charge in [0.05, 0.1) is 17.2 Å². The van der Waals surface area contributed by atoms with E-state index in [1.165, 1.54) is 29.2 Å². The molecule has 0 spiro atoms. The Morgan fingerprint density at radius 3 is 2.06 bits per heavy atom. The van der Waals surface area contributed by atoms with Gasteiger partial charge in [-0.05, 0) is 99.5 Å². The zero-order valence-electron chi connectivity index (χ0n) is 26.8. The van der Waals surface area contributed by atoms with E-state index in [4.69, 9.17) is 4.74 Å². The molecule has 0 aromatic heterocycles. The van der Waals surface area contributed by atoms with Crippen LogP contribution in [-0.4, -0.2) is 49.9 Å². The van der Waals surface area contributed by atoms with E-state index in [0.29, 0.717) is 22.4 Å². The second-order valence-corrected chi connectivity index (χ2v) is 14.8. The maximum atomic E-state index is 14.5. The highest BCUT2D eigenvalue weighted by Gasteiger charge is 2.35. The van der Waals surface area contributed by atoms with Gasteiger partial charge in [0.25, 0.3) is 10.0 Å². The molecule has 0 aliphatic heterocycles. The van der Waals surface area contributed by atoms with E-state index in [1.54, 1.807) is 48.5 Å². The smallest absolute Gasteiger partial charge is 0.264 e. The second kappa shape index (κ2) is 15.6. The largest absolute Gasteiger partial charge is 0.494 e. The summed E-state index contributed by atoms with van der Waals surface area (Å²) in [6, 6.07) is 26.5. The Labute approximate surface area is 284 Å². The Bertz CT molecular complexity index is 1750. The van der Waals surface area contributed by atoms with E-state index in [-0.39, 0.29) is 23.5 Å². The van der Waals surface area contributed by atoms with Gasteiger partial charge in [-0.3, -0.25) is 13.9 Å². The molecule has 0 fully saturated rings. The van der Waals surface area contributed by atoms with Crippen LogP contribution in [0.2, 0.25) is 0 Å². The van der Waals surface area contributed by atoms with Gasteiger partial charge in [-0.2, -0.15) is 0 Å². The van der Waals surface area contributed by atoms with Crippen LogP contribution in [0.5, 0.6) is 5.75 Å². The van der Waals surface area contributed by atoms with Gasteiger partial charge in [-0.15, -0.1) is 0 Å². The second-order valence-electron chi connectivity index (χ2n) is 12.0. The number of benzene rings is 4. The Hall–Kier alpha value is -4.22. The molecule has 0 saturated heterocycles. The quantitative estimate of drug-likeness (QED) is 0.165. The molecular weight excluding hydrogens is 685 g/mol. The van der Waals surface area contributed by atoms with E-state index in [9.17, 15) is 22.4 Å². The fourth-order valence-electron chi connectivity index (χ4n) is 4.93. The summed E-state index contributed by atoms with van der Waals surface area (Å²) < 4.78 is 49.5. The Balaban J connectivity index is 1.81. The molecule has 1 N–H and O–H groups in total. The Kier molecular flexibility index (Phi) is 11.8. The van der Waals surface area contributed by atoms with Crippen molar-refractivity contribution in [3.8, 4) is 5.75 Å². The molecule has 0 heterocycles. The van der Waals surface area contributed by atoms with Gasteiger partial charge in [0.15, 0.2) is 0 Å². The summed E-state index contributed by atoms with van der Waals surface area (Å²) in [5.74, 6) is -0.919. The number of rotatable bonds is 13. The van der Waals surface area contributed by atoms with Crippen LogP contribution in [0.3, 0.4) is 0 Å². The lowest BCUT2D eigenvalue weighted by Gasteiger charge is -2.35. The first-order valence-corrected chi connectivity index (χ1v) is 17.4. The topological polar surface area (TPSA) is 96.0 Å². The average Bonchev–Trinajstić information content (AvgIpc) is 3.03. The average molecular weight is 725 g/mol. The van der Waals surface area contributed by atoms with Crippen LogP contribution in [-0.2, 0) is 32.6 Å². The molecule has 4 aromatic rings. The summed E-state index contributed by atoms with van der Waals surface area (Å²) in [6.45, 7) is 7.12. The van der Waals surface area contributed by atoms with Crippen molar-refractivity contribution in [3.63, 3.8) is 0 Å². The van der Waals surface area contributed by atoms with Crippen LogP contribution in [0.4, 0.5) is 10.1 Å². The van der Waals surface area contributed by atoms with Crippen molar-refractivity contribution in [3.05, 3.63) is 125 Å². The maximum Gasteiger partial charge on any atom is 0.264 e. The van der Waals surface area contributed by atoms with Gasteiger partial charge in [0.1, 0.15) is 24.2 Å². The Morgan fingerprint density at radius 2 is 1.49 bits per heavy atom. The number of hydrogen-bond donors (Lipinski definition) is 1. The summed E-state index contributed by atoms with van der Waals surface area (Å²) in [7, 11) is -4.26. The predicted molar refractivity (Wildman–Crippen MR) is 185 cm³/mol. The monoisotopic (exact) mass is 723 g/mol. The van der Waals surface area contributed by atoms with Gasteiger partial charge in [-0.25, -0.2) is 12.8 Å². The lowest BCUT2D eigenvalue weighted by Crippen LogP contribution is -2.56. The summed E-state index contributed by atoms with van der Waals surface area (Å²) in [5, 5.41) is 2.99. The molecule has 1 atom stereocenters. The molecule has 0 bridgehead atoms. The third kappa shape index (κ3) is 9.89. The first kappa shape index (κ1) is 35.6. The van der Waals surface area contributed by atoms with E-state index >= 15 is 0 Å². The van der Waals surface area contributed by atoms with Gasteiger partial charge in [0, 0.05) is 23.0 Å². The molecule has 0 aliphatic carbocycles. The summed E-state index contributed by atoms with van der Waals surface area (Å²) >= 11 is 3.34. The lowest BCUT2D eigenvalue weighted by molar-refractivity contribution is -0.140. The molecule has 47 heavy (non-hydrogen) atoms. The molecule has 0 aliphatic rings. The zero-order chi connectivity index (χ0) is 34.2. The van der Waals surface area contributed by atoms with Crippen molar-refractivity contribution in [2.75, 3.05) is 17.5 Å². The number of hydrogen-bond acceptors (Lipinski definition) is 5. The highest BCUT2D eigenvalue weighted by atomic mass is 79.9. The molecule has 4 rings (SSSR count). The minimum atomic E-state index is -4.26. The van der Waals surface area contributed by atoms with E-state index < -0.39 is 45.8 Å². The molecule has 248 valence electrons. The van der Waals surface area contributed by atoms with Crippen molar-refractivity contribution < 1.29 is 27.1 Å². The normalized spacial score (nSPS) is 12.2. The van der Waals surface area contributed by atoms with Crippen LogP contribution >= 0.6 is 15.9 Å². The van der Waals surface area contributed by atoms with Gasteiger partial charge >= 0.3 is 0 Å². The lowest BCUT2D eigenvalue weighted by atomic mass is 10.0. The van der Waals surface area contributed by atoms with Gasteiger partial charge in [-0.1, -0.05) is 58.4 Å². The fraction of sp³-hybridized carbons (Fsp3) is 0.278. The van der Waals surface area contributed by atoms with Crippen LogP contribution in [0.1, 0.15) is 38.8 Å². The molecular formula is C36H39BrFN3O5S. The third-order valence-corrected chi connectivity index (χ3v) is 9.47. The minimum absolute atomic E-state index is 0.0150. The van der Waals surface area contributed by atoms with Crippen molar-refractivity contribution in [2.24, 2.45) is 0 Å². The molecule has 0 radical (unpaired) electrons. The molecule has 4 aromatic carbocycles. The van der Waals surface area contributed by atoms with E-state index in [1.807, 2.05) is 58.0 Å². The molecule has 0 saturated carbocycles. The zero-order valence-corrected chi connectivity index (χ0v) is 29.2. The van der Waals surface area contributed by atoms with Gasteiger partial charge in [0.2, 0.25) is 11.8 Å². The summed E-state index contributed by atoms with van der Waals surface area (Å²) in [6.07, 6.45) is 0.165. The van der Waals surface area contributed by atoms with Crippen molar-refractivity contribution in [1.29, 1.82) is 0 Å². The summed E-state index contributed by atoms with van der Waals surface area (Å²) in [5.41, 5.74) is 1.01. The number of anilines is 1. The number of nitrogens with zero attached hydrogens (tertiary/aromatic N) is 2. The van der Waals surface area contributed by atoms with Crippen LogP contribution in [0.25, 0.3) is 0 Å².